The normalized spacial score (nSPS) is 23.7. The van der Waals surface area contributed by atoms with E-state index in [-0.39, 0.29) is 30.2 Å². The zero-order chi connectivity index (χ0) is 33.4. The van der Waals surface area contributed by atoms with E-state index in [0.29, 0.717) is 17.1 Å². The van der Waals surface area contributed by atoms with Crippen molar-refractivity contribution in [3.8, 4) is 5.75 Å². The molecule has 0 bridgehead atoms. The summed E-state index contributed by atoms with van der Waals surface area (Å²) in [6, 6.07) is 12.1. The number of esters is 1. The fraction of sp³-hybridized carbons (Fsp3) is 0.467. The Kier molecular flexibility index (Phi) is 9.56. The van der Waals surface area contributed by atoms with Gasteiger partial charge in [-0.1, -0.05) is 57.2 Å². The summed E-state index contributed by atoms with van der Waals surface area (Å²) >= 11 is 5.91. The summed E-state index contributed by atoms with van der Waals surface area (Å²) in [5.74, 6) is 0.183. The van der Waals surface area contributed by atoms with Crippen LogP contribution in [0.1, 0.15) is 40.8 Å². The summed E-state index contributed by atoms with van der Waals surface area (Å²) in [6.07, 6.45) is -2.84. The van der Waals surface area contributed by atoms with Gasteiger partial charge in [-0.2, -0.15) is 9.97 Å². The van der Waals surface area contributed by atoms with Crippen LogP contribution in [0.4, 0.5) is 16.2 Å². The standard InChI is InChI=1S/C30H39FN7O6PS/c1-17(26(40)41-15-29(2,3)4)37-45(46,44-20-13-9-11-18-10-7-8-12-19(18)20)42-14-21-23(39)30(5,31)27(43-21)38-16-34-22-24(33-6)35-28(32)36-25(22)38/h7-13,16-17,21,23,27,39H,14-15H2,1-6H3,(H,37,46)(H3,32,33,35,36)/t17-,21-,23-,27-,30-,45+/m1/s1. The molecule has 2 aromatic carbocycles. The van der Waals surface area contributed by atoms with Gasteiger partial charge in [-0.25, -0.2) is 14.5 Å². The highest BCUT2D eigenvalue weighted by atomic mass is 32.5. The Morgan fingerprint density at radius 1 is 1.26 bits per heavy atom. The van der Waals surface area contributed by atoms with Gasteiger partial charge in [-0.3, -0.25) is 9.36 Å². The van der Waals surface area contributed by atoms with Gasteiger partial charge in [0, 0.05) is 12.4 Å². The maximum atomic E-state index is 16.2. The van der Waals surface area contributed by atoms with Gasteiger partial charge >= 0.3 is 12.6 Å². The lowest BCUT2D eigenvalue weighted by Gasteiger charge is -2.29. The molecule has 0 spiro atoms. The Bertz CT molecular complexity index is 1780. The Morgan fingerprint density at radius 2 is 1.98 bits per heavy atom. The molecular weight excluding hydrogens is 636 g/mol. The number of rotatable bonds is 11. The van der Waals surface area contributed by atoms with E-state index in [1.807, 2.05) is 57.2 Å². The van der Waals surface area contributed by atoms with Crippen LogP contribution in [0, 0.1) is 5.41 Å². The van der Waals surface area contributed by atoms with Gasteiger partial charge in [0.2, 0.25) is 5.95 Å². The number of nitrogens with zero attached hydrogens (tertiary/aromatic N) is 4. The van der Waals surface area contributed by atoms with Crippen molar-refractivity contribution >= 4 is 58.1 Å². The number of aromatic nitrogens is 4. The molecule has 0 unspecified atom stereocenters. The molecule has 13 nitrogen and oxygen atoms in total. The highest BCUT2D eigenvalue weighted by Crippen LogP contribution is 2.49. The predicted octanol–water partition coefficient (Wildman–Crippen LogP) is 4.48. The van der Waals surface area contributed by atoms with Crippen molar-refractivity contribution in [1.82, 2.24) is 24.6 Å². The summed E-state index contributed by atoms with van der Waals surface area (Å²) in [7, 11) is 1.65. The summed E-state index contributed by atoms with van der Waals surface area (Å²) in [5.41, 5.74) is 3.88. The SMILES string of the molecule is CNc1nc(N)nc2c1ncn2[C@@H]1O[C@H](CO[P@@](=S)(N[C@H](C)C(=O)OCC(C)(C)C)Oc2cccc3ccccc23)[C@@H](O)[C@@]1(C)F. The number of nitrogens with one attached hydrogen (secondary N) is 2. The lowest BCUT2D eigenvalue weighted by molar-refractivity contribution is -0.148. The lowest BCUT2D eigenvalue weighted by Crippen LogP contribution is -2.41. The number of imidazole rings is 1. The van der Waals surface area contributed by atoms with Crippen LogP contribution in [0.3, 0.4) is 0 Å². The number of hydrogen-bond donors (Lipinski definition) is 4. The topological polar surface area (TPSA) is 168 Å². The van der Waals surface area contributed by atoms with Crippen LogP contribution in [-0.4, -0.2) is 74.8 Å². The lowest BCUT2D eigenvalue weighted by atomic mass is 9.98. The third-order valence-corrected chi connectivity index (χ3v) is 9.86. The summed E-state index contributed by atoms with van der Waals surface area (Å²) in [6.45, 7) is 4.89. The van der Waals surface area contributed by atoms with Crippen molar-refractivity contribution in [1.29, 1.82) is 0 Å². The van der Waals surface area contributed by atoms with Crippen molar-refractivity contribution in [3.63, 3.8) is 0 Å². The number of benzene rings is 2. The van der Waals surface area contributed by atoms with Crippen molar-refractivity contribution in [2.24, 2.45) is 5.41 Å². The van der Waals surface area contributed by atoms with Crippen molar-refractivity contribution in [2.45, 2.75) is 64.8 Å². The Morgan fingerprint density at radius 3 is 2.70 bits per heavy atom. The molecular formula is C30H39FN7O6PS. The van der Waals surface area contributed by atoms with Gasteiger partial charge in [-0.15, -0.1) is 0 Å². The van der Waals surface area contributed by atoms with Gasteiger partial charge in [-0.05, 0) is 42.5 Å². The minimum atomic E-state index is -3.57. The molecule has 16 heteroatoms. The first-order valence-electron chi connectivity index (χ1n) is 14.7. The highest BCUT2D eigenvalue weighted by Gasteiger charge is 2.56. The molecule has 0 aliphatic carbocycles. The van der Waals surface area contributed by atoms with Crippen molar-refractivity contribution in [2.75, 3.05) is 31.3 Å². The molecule has 248 valence electrons. The molecule has 0 amide bonds. The second kappa shape index (κ2) is 13.0. The fourth-order valence-electron chi connectivity index (χ4n) is 5.00. The van der Waals surface area contributed by atoms with E-state index in [4.69, 9.17) is 36.1 Å². The minimum absolute atomic E-state index is 0.0508. The number of aliphatic hydroxyl groups is 1. The van der Waals surface area contributed by atoms with Crippen LogP contribution in [-0.2, 0) is 30.6 Å². The number of halogens is 1. The Labute approximate surface area is 271 Å². The first-order chi connectivity index (χ1) is 21.6. The van der Waals surface area contributed by atoms with E-state index in [1.165, 1.54) is 17.8 Å². The van der Waals surface area contributed by atoms with E-state index in [0.717, 1.165) is 10.8 Å². The van der Waals surface area contributed by atoms with Gasteiger partial charge in [0.25, 0.3) is 0 Å². The summed E-state index contributed by atoms with van der Waals surface area (Å²) in [5, 5.41) is 18.7. The van der Waals surface area contributed by atoms with E-state index in [9.17, 15) is 9.90 Å². The second-order valence-electron chi connectivity index (χ2n) is 12.5. The average Bonchev–Trinajstić information content (AvgIpc) is 3.51. The number of carbonyl (C=O) groups is 1. The molecule has 4 aromatic rings. The van der Waals surface area contributed by atoms with E-state index < -0.39 is 42.8 Å². The molecule has 5 N–H and O–H groups in total. The number of nitrogens with two attached hydrogens (primary N) is 1. The maximum Gasteiger partial charge on any atom is 0.323 e. The number of aliphatic hydroxyl groups excluding tert-OH is 1. The first kappa shape index (κ1) is 33.9. The quantitative estimate of drug-likeness (QED) is 0.130. The molecule has 2 aromatic heterocycles. The Hall–Kier alpha value is -3.46. The highest BCUT2D eigenvalue weighted by molar-refractivity contribution is 8.09. The van der Waals surface area contributed by atoms with Crippen LogP contribution >= 0.6 is 6.64 Å². The smallest absolute Gasteiger partial charge is 0.323 e. The van der Waals surface area contributed by atoms with Crippen LogP contribution in [0.25, 0.3) is 21.9 Å². The zero-order valence-corrected chi connectivity index (χ0v) is 28.1. The van der Waals surface area contributed by atoms with Crippen molar-refractivity contribution in [3.05, 3.63) is 48.8 Å². The molecule has 3 heterocycles. The number of alkyl halides is 1. The van der Waals surface area contributed by atoms with Crippen LogP contribution in [0.15, 0.2) is 48.8 Å². The number of hydrogen-bond acceptors (Lipinski definition) is 12. The third kappa shape index (κ3) is 7.09. The Balaban J connectivity index is 1.40. The molecule has 0 saturated carbocycles. The number of ether oxygens (including phenoxy) is 2. The zero-order valence-electron chi connectivity index (χ0n) is 26.4. The summed E-state index contributed by atoms with van der Waals surface area (Å²) in [4.78, 5) is 25.5. The number of fused-ring (bicyclic) bond motifs is 2. The number of anilines is 2. The van der Waals surface area contributed by atoms with Gasteiger partial charge in [0.1, 0.15) is 24.0 Å². The molecule has 1 aliphatic rings. The first-order valence-corrected chi connectivity index (χ1v) is 17.3. The minimum Gasteiger partial charge on any atom is -0.464 e. The number of nitrogen functional groups attached to an aromatic ring is 1. The monoisotopic (exact) mass is 675 g/mol. The molecule has 0 radical (unpaired) electrons. The van der Waals surface area contributed by atoms with Crippen LogP contribution in [0.5, 0.6) is 5.75 Å². The van der Waals surface area contributed by atoms with Crippen LogP contribution in [0.2, 0.25) is 0 Å². The van der Waals surface area contributed by atoms with Crippen molar-refractivity contribution < 1.29 is 32.8 Å². The van der Waals surface area contributed by atoms with Crippen LogP contribution < -0.4 is 20.7 Å². The summed E-state index contributed by atoms with van der Waals surface area (Å²) < 4.78 is 41.6. The fourth-order valence-corrected chi connectivity index (χ4v) is 7.42. The van der Waals surface area contributed by atoms with Gasteiger partial charge in [0.05, 0.1) is 19.5 Å². The predicted molar refractivity (Wildman–Crippen MR) is 177 cm³/mol. The average molecular weight is 676 g/mol. The van der Waals surface area contributed by atoms with E-state index in [2.05, 4.69) is 25.4 Å². The number of carbonyl (C=O) groups excluding carboxylic acids is 1. The largest absolute Gasteiger partial charge is 0.464 e. The van der Waals surface area contributed by atoms with Gasteiger partial charge < -0.3 is 34.7 Å². The molecule has 5 rings (SSSR count). The molecule has 6 atom stereocenters. The molecule has 46 heavy (non-hydrogen) atoms. The second-order valence-corrected chi connectivity index (χ2v) is 15.6. The maximum absolute atomic E-state index is 16.2. The molecule has 1 fully saturated rings. The van der Waals surface area contributed by atoms with E-state index >= 15 is 4.39 Å². The van der Waals surface area contributed by atoms with E-state index in [1.54, 1.807) is 20.0 Å². The molecule has 1 aliphatic heterocycles. The molecule has 1 saturated heterocycles. The third-order valence-electron chi connectivity index (χ3n) is 7.37. The van der Waals surface area contributed by atoms with Gasteiger partial charge in [0.15, 0.2) is 28.9 Å².